The highest BCUT2D eigenvalue weighted by Crippen LogP contribution is 2.30. The van der Waals surface area contributed by atoms with Crippen molar-refractivity contribution in [3.63, 3.8) is 0 Å². The number of benzene rings is 2. The lowest BCUT2D eigenvalue weighted by molar-refractivity contribution is 0.618. The molecule has 100 valence electrons. The molecule has 0 bridgehead atoms. The molecule has 20 heavy (non-hydrogen) atoms. The zero-order valence-corrected chi connectivity index (χ0v) is 12.1. The van der Waals surface area contributed by atoms with E-state index in [9.17, 15) is 4.79 Å². The summed E-state index contributed by atoms with van der Waals surface area (Å²) in [5, 5.41) is 1.14. The summed E-state index contributed by atoms with van der Waals surface area (Å²) in [4.78, 5) is 12.2. The largest absolute Gasteiger partial charge is 0.454 e. The van der Waals surface area contributed by atoms with E-state index in [-0.39, 0.29) is 5.43 Å². The van der Waals surface area contributed by atoms with Crippen LogP contribution in [-0.2, 0) is 0 Å². The van der Waals surface area contributed by atoms with E-state index in [4.69, 9.17) is 27.6 Å². The molecule has 2 nitrogen and oxygen atoms in total. The lowest BCUT2D eigenvalue weighted by Crippen LogP contribution is -2.01. The summed E-state index contributed by atoms with van der Waals surface area (Å²) in [6, 6.07) is 12.3. The molecule has 0 unspecified atom stereocenters. The number of fused-ring (bicyclic) bond motifs is 1. The van der Waals surface area contributed by atoms with E-state index >= 15 is 0 Å². The summed E-state index contributed by atoms with van der Waals surface area (Å²) in [6.07, 6.45) is 0. The second kappa shape index (κ2) is 4.97. The molecule has 2 aromatic carbocycles. The van der Waals surface area contributed by atoms with E-state index in [1.54, 1.807) is 12.1 Å². The van der Waals surface area contributed by atoms with Crippen LogP contribution in [0.2, 0.25) is 10.0 Å². The molecule has 0 aliphatic heterocycles. The molecule has 0 aliphatic rings. The van der Waals surface area contributed by atoms with Gasteiger partial charge in [-0.2, -0.15) is 0 Å². The third-order valence-corrected chi connectivity index (χ3v) is 3.66. The molecule has 0 aliphatic carbocycles. The summed E-state index contributed by atoms with van der Waals surface area (Å²) < 4.78 is 5.80. The Morgan fingerprint density at radius 3 is 2.55 bits per heavy atom. The third-order valence-electron chi connectivity index (χ3n) is 3.16. The van der Waals surface area contributed by atoms with Gasteiger partial charge in [-0.05, 0) is 24.6 Å². The van der Waals surface area contributed by atoms with Crippen LogP contribution in [0.3, 0.4) is 0 Å². The van der Waals surface area contributed by atoms with Crippen LogP contribution in [0.4, 0.5) is 0 Å². The molecule has 0 N–H and O–H groups in total. The van der Waals surface area contributed by atoms with E-state index in [0.29, 0.717) is 26.8 Å². The van der Waals surface area contributed by atoms with Gasteiger partial charge < -0.3 is 4.42 Å². The van der Waals surface area contributed by atoms with Crippen molar-refractivity contribution < 1.29 is 4.42 Å². The first kappa shape index (κ1) is 13.2. The fraction of sp³-hybridized carbons (Fsp3) is 0.0625. The van der Waals surface area contributed by atoms with Gasteiger partial charge in [0.1, 0.15) is 5.76 Å². The van der Waals surface area contributed by atoms with Crippen LogP contribution in [0.25, 0.3) is 22.3 Å². The number of hydrogen-bond acceptors (Lipinski definition) is 2. The van der Waals surface area contributed by atoms with Crippen molar-refractivity contribution in [2.45, 2.75) is 6.92 Å². The van der Waals surface area contributed by atoms with Crippen LogP contribution >= 0.6 is 23.2 Å². The average molecular weight is 305 g/mol. The van der Waals surface area contributed by atoms with Gasteiger partial charge in [-0.1, -0.05) is 47.5 Å². The Morgan fingerprint density at radius 2 is 1.80 bits per heavy atom. The van der Waals surface area contributed by atoms with Crippen LogP contribution in [-0.4, -0.2) is 0 Å². The van der Waals surface area contributed by atoms with Gasteiger partial charge in [0.15, 0.2) is 11.0 Å². The molecule has 0 saturated heterocycles. The molecule has 0 spiro atoms. The highest BCUT2D eigenvalue weighted by atomic mass is 35.5. The van der Waals surface area contributed by atoms with Gasteiger partial charge in [-0.25, -0.2) is 0 Å². The smallest absolute Gasteiger partial charge is 0.193 e. The van der Waals surface area contributed by atoms with E-state index in [1.165, 1.54) is 6.07 Å². The van der Waals surface area contributed by atoms with Crippen LogP contribution in [0.15, 0.2) is 51.7 Å². The van der Waals surface area contributed by atoms with Crippen molar-refractivity contribution in [1.29, 1.82) is 0 Å². The summed E-state index contributed by atoms with van der Waals surface area (Å²) >= 11 is 12.0. The Morgan fingerprint density at radius 1 is 1.05 bits per heavy atom. The zero-order valence-electron chi connectivity index (χ0n) is 10.6. The predicted octanol–water partition coefficient (Wildman–Crippen LogP) is 5.08. The maximum absolute atomic E-state index is 12.2. The van der Waals surface area contributed by atoms with Gasteiger partial charge in [0, 0.05) is 16.7 Å². The lowest BCUT2D eigenvalue weighted by atomic mass is 10.1. The number of hydrogen-bond donors (Lipinski definition) is 0. The van der Waals surface area contributed by atoms with Crippen molar-refractivity contribution in [3.8, 4) is 11.3 Å². The summed E-state index contributed by atoms with van der Waals surface area (Å²) in [5.74, 6) is 0.504. The van der Waals surface area contributed by atoms with Crippen molar-refractivity contribution in [2.75, 3.05) is 0 Å². The molecule has 1 aromatic heterocycles. The van der Waals surface area contributed by atoms with Gasteiger partial charge in [-0.15, -0.1) is 0 Å². The topological polar surface area (TPSA) is 30.2 Å². The summed E-state index contributed by atoms with van der Waals surface area (Å²) in [7, 11) is 0. The van der Waals surface area contributed by atoms with Crippen molar-refractivity contribution in [2.24, 2.45) is 0 Å². The Kier molecular flexibility index (Phi) is 3.28. The minimum absolute atomic E-state index is 0.158. The molecule has 0 saturated carbocycles. The molecular formula is C16H10Cl2O2. The van der Waals surface area contributed by atoms with Gasteiger partial charge in [-0.3, -0.25) is 4.79 Å². The molecule has 1 heterocycles. The van der Waals surface area contributed by atoms with Crippen LogP contribution in [0, 0.1) is 6.92 Å². The highest BCUT2D eigenvalue weighted by Gasteiger charge is 2.12. The minimum atomic E-state index is -0.158. The Labute approximate surface area is 125 Å². The van der Waals surface area contributed by atoms with E-state index in [2.05, 4.69) is 0 Å². The number of halogens is 2. The third kappa shape index (κ3) is 2.21. The molecule has 0 radical (unpaired) electrons. The molecule has 3 rings (SSSR count). The second-order valence-electron chi connectivity index (χ2n) is 4.55. The monoisotopic (exact) mass is 304 g/mol. The minimum Gasteiger partial charge on any atom is -0.454 e. The first-order chi connectivity index (χ1) is 9.56. The van der Waals surface area contributed by atoms with Gasteiger partial charge in [0.2, 0.25) is 0 Å². The van der Waals surface area contributed by atoms with Crippen molar-refractivity contribution >= 4 is 34.2 Å². The molecule has 0 atom stereocenters. The molecule has 4 heteroatoms. The van der Waals surface area contributed by atoms with E-state index in [1.807, 2.05) is 31.2 Å². The van der Waals surface area contributed by atoms with E-state index < -0.39 is 0 Å². The van der Waals surface area contributed by atoms with Crippen LogP contribution in [0.5, 0.6) is 0 Å². The first-order valence-electron chi connectivity index (χ1n) is 6.05. The fourth-order valence-corrected chi connectivity index (χ4v) is 2.70. The molecule has 0 amide bonds. The fourth-order valence-electron chi connectivity index (χ4n) is 2.17. The van der Waals surface area contributed by atoms with Crippen molar-refractivity contribution in [1.82, 2.24) is 0 Å². The van der Waals surface area contributed by atoms with Gasteiger partial charge in [0.05, 0.1) is 10.4 Å². The number of rotatable bonds is 1. The van der Waals surface area contributed by atoms with Crippen molar-refractivity contribution in [3.05, 3.63) is 68.3 Å². The predicted molar refractivity (Wildman–Crippen MR) is 82.7 cm³/mol. The molecular weight excluding hydrogens is 295 g/mol. The molecule has 3 aromatic rings. The van der Waals surface area contributed by atoms with E-state index in [0.717, 1.165) is 11.1 Å². The van der Waals surface area contributed by atoms with Gasteiger partial charge >= 0.3 is 0 Å². The van der Waals surface area contributed by atoms with Crippen LogP contribution < -0.4 is 5.43 Å². The Balaban J connectivity index is 2.36. The Bertz CT molecular complexity index is 866. The molecule has 0 fully saturated rings. The van der Waals surface area contributed by atoms with Gasteiger partial charge in [0.25, 0.3) is 0 Å². The SMILES string of the molecule is Cc1ccccc1-c1cc(=O)c2cc(Cl)cc(Cl)c2o1. The highest BCUT2D eigenvalue weighted by molar-refractivity contribution is 6.38. The quantitative estimate of drug-likeness (QED) is 0.628. The maximum Gasteiger partial charge on any atom is 0.193 e. The Hall–Kier alpha value is -1.77. The summed E-state index contributed by atoms with van der Waals surface area (Å²) in [5.41, 5.74) is 2.10. The number of aryl methyl sites for hydroxylation is 1. The second-order valence-corrected chi connectivity index (χ2v) is 5.40. The lowest BCUT2D eigenvalue weighted by Gasteiger charge is -2.07. The first-order valence-corrected chi connectivity index (χ1v) is 6.81. The normalized spacial score (nSPS) is 10.9. The standard InChI is InChI=1S/C16H10Cl2O2/c1-9-4-2-3-5-11(9)15-8-14(19)12-6-10(17)7-13(18)16(12)20-15/h2-8H,1H3. The summed E-state index contributed by atoms with van der Waals surface area (Å²) in [6.45, 7) is 1.96. The average Bonchev–Trinajstić information content (AvgIpc) is 2.40. The zero-order chi connectivity index (χ0) is 14.3. The maximum atomic E-state index is 12.2. The van der Waals surface area contributed by atoms with Crippen LogP contribution in [0.1, 0.15) is 5.56 Å².